The topological polar surface area (TPSA) is 0 Å². The second-order valence-corrected chi connectivity index (χ2v) is 5.34. The Balaban J connectivity index is 0. The molecule has 1 aliphatic rings. The molecule has 1 heterocycles. The van der Waals surface area contributed by atoms with Crippen LogP contribution in [0.3, 0.4) is 0 Å². The highest BCUT2D eigenvalue weighted by molar-refractivity contribution is 8.77. The van der Waals surface area contributed by atoms with Gasteiger partial charge in [-0.3, -0.25) is 0 Å². The van der Waals surface area contributed by atoms with Crippen LogP contribution in [0.15, 0.2) is 12.7 Å². The largest absolute Gasteiger partial charge is 0.103 e. The van der Waals surface area contributed by atoms with Gasteiger partial charge in [-0.05, 0) is 25.7 Å². The number of hydrogen-bond acceptors (Lipinski definition) is 2. The summed E-state index contributed by atoms with van der Waals surface area (Å²) in [6, 6.07) is 0. The maximum atomic E-state index is 3.71. The van der Waals surface area contributed by atoms with Crippen molar-refractivity contribution >= 4 is 21.6 Å². The summed E-state index contributed by atoms with van der Waals surface area (Å²) in [4.78, 5) is 0. The average Bonchev–Trinajstić information content (AvgIpc) is 2.61. The van der Waals surface area contributed by atoms with Gasteiger partial charge in [-0.25, -0.2) is 0 Å². The van der Waals surface area contributed by atoms with E-state index < -0.39 is 0 Å². The van der Waals surface area contributed by atoms with E-state index in [0.717, 1.165) is 5.25 Å². The molecule has 0 radical (unpaired) electrons. The Labute approximate surface area is 92.4 Å². The summed E-state index contributed by atoms with van der Waals surface area (Å²) in [5, 5.41) is 0.949. The van der Waals surface area contributed by atoms with Crippen LogP contribution in [-0.4, -0.2) is 11.0 Å². The van der Waals surface area contributed by atoms with E-state index in [2.05, 4.69) is 17.4 Å². The summed E-state index contributed by atoms with van der Waals surface area (Å²) in [7, 11) is 4.11. The highest BCUT2D eigenvalue weighted by atomic mass is 33.1. The number of allylic oxidation sites excluding steroid dienone is 1. The third kappa shape index (κ3) is 8.76. The third-order valence-electron chi connectivity index (χ3n) is 1.66. The van der Waals surface area contributed by atoms with Crippen LogP contribution in [0, 0.1) is 0 Å². The van der Waals surface area contributed by atoms with E-state index in [4.69, 9.17) is 0 Å². The SMILES string of the molecule is C.C=CCCCC1CCSS1.CC. The molecule has 80 valence electrons. The van der Waals surface area contributed by atoms with Crippen LogP contribution in [0.2, 0.25) is 0 Å². The molecule has 0 saturated carbocycles. The van der Waals surface area contributed by atoms with Gasteiger partial charge in [0.25, 0.3) is 0 Å². The minimum absolute atomic E-state index is 0. The first-order valence-corrected chi connectivity index (χ1v) is 7.21. The molecule has 0 amide bonds. The Kier molecular flexibility index (Phi) is 15.2. The van der Waals surface area contributed by atoms with Crippen molar-refractivity contribution in [3.63, 3.8) is 0 Å². The van der Waals surface area contributed by atoms with Gasteiger partial charge < -0.3 is 0 Å². The zero-order valence-electron chi connectivity index (χ0n) is 8.21. The summed E-state index contributed by atoms with van der Waals surface area (Å²) in [5.74, 6) is 1.36. The molecule has 0 aromatic carbocycles. The first kappa shape index (κ1) is 15.9. The summed E-state index contributed by atoms with van der Waals surface area (Å²) in [6.45, 7) is 7.71. The molecule has 0 aromatic heterocycles. The van der Waals surface area contributed by atoms with E-state index >= 15 is 0 Å². The molecule has 1 atom stereocenters. The molecule has 0 spiro atoms. The van der Waals surface area contributed by atoms with E-state index in [-0.39, 0.29) is 7.43 Å². The lowest BCUT2D eigenvalue weighted by Gasteiger charge is -2.03. The summed E-state index contributed by atoms with van der Waals surface area (Å²) in [6.07, 6.45) is 7.37. The van der Waals surface area contributed by atoms with Crippen LogP contribution < -0.4 is 0 Å². The van der Waals surface area contributed by atoms with Gasteiger partial charge in [-0.15, -0.1) is 6.58 Å². The predicted molar refractivity (Wildman–Crippen MR) is 70.6 cm³/mol. The normalized spacial score (nSPS) is 19.7. The summed E-state index contributed by atoms with van der Waals surface area (Å²) >= 11 is 0. The Morgan fingerprint density at radius 2 is 2.15 bits per heavy atom. The Morgan fingerprint density at radius 1 is 1.46 bits per heavy atom. The van der Waals surface area contributed by atoms with Gasteiger partial charge in [-0.1, -0.05) is 48.9 Å². The molecule has 0 N–H and O–H groups in total. The fourth-order valence-electron chi connectivity index (χ4n) is 1.05. The molecule has 13 heavy (non-hydrogen) atoms. The van der Waals surface area contributed by atoms with E-state index in [1.54, 1.807) is 0 Å². The monoisotopic (exact) mass is 220 g/mol. The van der Waals surface area contributed by atoms with Gasteiger partial charge in [0, 0.05) is 11.0 Å². The van der Waals surface area contributed by atoms with Gasteiger partial charge in [0.1, 0.15) is 0 Å². The van der Waals surface area contributed by atoms with Crippen molar-refractivity contribution in [2.24, 2.45) is 0 Å². The van der Waals surface area contributed by atoms with E-state index in [9.17, 15) is 0 Å². The highest BCUT2D eigenvalue weighted by Gasteiger charge is 2.14. The third-order valence-corrected chi connectivity index (χ3v) is 4.67. The fraction of sp³-hybridized carbons (Fsp3) is 0.818. The first-order chi connectivity index (χ1) is 5.93. The minimum Gasteiger partial charge on any atom is -0.103 e. The van der Waals surface area contributed by atoms with E-state index in [1.807, 2.05) is 30.7 Å². The van der Waals surface area contributed by atoms with Crippen LogP contribution in [-0.2, 0) is 0 Å². The zero-order valence-corrected chi connectivity index (χ0v) is 9.85. The maximum absolute atomic E-state index is 3.71. The van der Waals surface area contributed by atoms with Crippen LogP contribution >= 0.6 is 21.6 Å². The Morgan fingerprint density at radius 3 is 2.62 bits per heavy atom. The van der Waals surface area contributed by atoms with Crippen LogP contribution in [0.25, 0.3) is 0 Å². The first-order valence-electron chi connectivity index (χ1n) is 4.82. The minimum atomic E-state index is 0. The predicted octanol–water partition coefficient (Wildman–Crippen LogP) is 5.16. The lowest BCUT2D eigenvalue weighted by molar-refractivity contribution is 0.701. The molecule has 1 fully saturated rings. The van der Waals surface area contributed by atoms with Crippen molar-refractivity contribution in [3.05, 3.63) is 12.7 Å². The molecule has 0 bridgehead atoms. The maximum Gasteiger partial charge on any atom is 0.0159 e. The lowest BCUT2D eigenvalue weighted by Crippen LogP contribution is -1.95. The lowest BCUT2D eigenvalue weighted by atomic mass is 10.1. The second kappa shape index (κ2) is 12.4. The molecular weight excluding hydrogens is 196 g/mol. The smallest absolute Gasteiger partial charge is 0.0159 e. The number of hydrogen-bond donors (Lipinski definition) is 0. The fourth-order valence-corrected chi connectivity index (χ4v) is 4.08. The Bertz CT molecular complexity index is 96.3. The van der Waals surface area contributed by atoms with Crippen LogP contribution in [0.1, 0.15) is 47.0 Å². The van der Waals surface area contributed by atoms with Crippen molar-refractivity contribution in [1.29, 1.82) is 0 Å². The molecule has 1 rings (SSSR count). The van der Waals surface area contributed by atoms with Gasteiger partial charge in [0.2, 0.25) is 0 Å². The van der Waals surface area contributed by atoms with Crippen molar-refractivity contribution in [3.8, 4) is 0 Å². The van der Waals surface area contributed by atoms with Crippen LogP contribution in [0.4, 0.5) is 0 Å². The molecule has 2 heteroatoms. The van der Waals surface area contributed by atoms with Gasteiger partial charge >= 0.3 is 0 Å². The Hall–Kier alpha value is 0.440. The van der Waals surface area contributed by atoms with Crippen molar-refractivity contribution in [1.82, 2.24) is 0 Å². The molecule has 1 aliphatic heterocycles. The standard InChI is InChI=1S/C8H14S2.C2H6.CH4/c1-2-3-4-5-8-6-7-9-10-8;1-2;/h2,8H,1,3-7H2;1-2H3;1H4. The van der Waals surface area contributed by atoms with Crippen molar-refractivity contribution in [2.45, 2.75) is 52.2 Å². The van der Waals surface area contributed by atoms with Gasteiger partial charge in [-0.2, -0.15) is 0 Å². The summed E-state index contributed by atoms with van der Waals surface area (Å²) < 4.78 is 0. The molecule has 0 aliphatic carbocycles. The van der Waals surface area contributed by atoms with Crippen LogP contribution in [0.5, 0.6) is 0 Å². The zero-order chi connectivity index (χ0) is 9.23. The van der Waals surface area contributed by atoms with E-state index in [1.165, 1.54) is 31.4 Å². The molecular formula is C11H24S2. The van der Waals surface area contributed by atoms with Gasteiger partial charge in [0.05, 0.1) is 0 Å². The van der Waals surface area contributed by atoms with E-state index in [0.29, 0.717) is 0 Å². The molecule has 0 nitrogen and oxygen atoms in total. The summed E-state index contributed by atoms with van der Waals surface area (Å²) in [5.41, 5.74) is 0. The van der Waals surface area contributed by atoms with Crippen molar-refractivity contribution < 1.29 is 0 Å². The molecule has 1 saturated heterocycles. The van der Waals surface area contributed by atoms with Gasteiger partial charge in [0.15, 0.2) is 0 Å². The quantitative estimate of drug-likeness (QED) is 0.365. The highest BCUT2D eigenvalue weighted by Crippen LogP contribution is 2.39. The average molecular weight is 220 g/mol. The van der Waals surface area contributed by atoms with Crippen molar-refractivity contribution in [2.75, 3.05) is 5.75 Å². The molecule has 0 aromatic rings. The number of rotatable bonds is 4. The number of unbranched alkanes of at least 4 members (excludes halogenated alkanes) is 1. The second-order valence-electron chi connectivity index (χ2n) is 2.55. The molecule has 1 unspecified atom stereocenters.